The number of phenols is 1. The highest BCUT2D eigenvalue weighted by molar-refractivity contribution is 5.97. The number of nitrogens with zero attached hydrogens (tertiary/aromatic N) is 1. The molecule has 2 aromatic rings. The van der Waals surface area contributed by atoms with Crippen LogP contribution in [0.15, 0.2) is 42.5 Å². The normalized spacial score (nSPS) is 10.2. The largest absolute Gasteiger partial charge is 0.508 e. The third-order valence-corrected chi connectivity index (χ3v) is 3.22. The van der Waals surface area contributed by atoms with Crippen molar-refractivity contribution in [3.05, 3.63) is 48.0 Å². The molecule has 21 heavy (non-hydrogen) atoms. The summed E-state index contributed by atoms with van der Waals surface area (Å²) in [7, 11) is 1.79. The Morgan fingerprint density at radius 1 is 1.29 bits per heavy atom. The number of benzene rings is 2. The molecule has 0 unspecified atom stereocenters. The minimum atomic E-state index is -0.165. The van der Waals surface area contributed by atoms with Crippen molar-refractivity contribution in [3.8, 4) is 5.75 Å². The van der Waals surface area contributed by atoms with Crippen LogP contribution in [0.2, 0.25) is 0 Å². The first kappa shape index (κ1) is 14.7. The van der Waals surface area contributed by atoms with E-state index in [2.05, 4.69) is 5.32 Å². The van der Waals surface area contributed by atoms with Crippen LogP contribution >= 0.6 is 0 Å². The number of hydrogen-bond acceptors (Lipinski definition) is 4. The van der Waals surface area contributed by atoms with E-state index in [4.69, 9.17) is 5.73 Å². The van der Waals surface area contributed by atoms with Crippen molar-refractivity contribution in [1.29, 1.82) is 0 Å². The van der Waals surface area contributed by atoms with Gasteiger partial charge < -0.3 is 21.1 Å². The Hall–Kier alpha value is -2.69. The van der Waals surface area contributed by atoms with Crippen LogP contribution < -0.4 is 16.0 Å². The molecule has 5 heteroatoms. The third-order valence-electron chi connectivity index (χ3n) is 3.22. The Labute approximate surface area is 124 Å². The fourth-order valence-electron chi connectivity index (χ4n) is 2.08. The standard InChI is InChI=1S/C16H19N3O2/c1-11-5-3-8-14(17)16(11)18-15(21)10-19(2)12-6-4-7-13(20)9-12/h3-9,20H,10,17H2,1-2H3,(H,18,21). The van der Waals surface area contributed by atoms with Crippen molar-refractivity contribution >= 4 is 23.0 Å². The molecule has 0 aliphatic carbocycles. The molecule has 4 N–H and O–H groups in total. The number of amides is 1. The van der Waals surface area contributed by atoms with Gasteiger partial charge in [-0.3, -0.25) is 4.79 Å². The van der Waals surface area contributed by atoms with Crippen LogP contribution in [0.25, 0.3) is 0 Å². The second-order valence-electron chi connectivity index (χ2n) is 4.96. The number of hydrogen-bond donors (Lipinski definition) is 3. The highest BCUT2D eigenvalue weighted by Crippen LogP contribution is 2.23. The molecule has 0 aliphatic rings. The highest BCUT2D eigenvalue weighted by atomic mass is 16.3. The van der Waals surface area contributed by atoms with E-state index >= 15 is 0 Å². The number of likely N-dealkylation sites (N-methyl/N-ethyl adjacent to an activating group) is 1. The minimum Gasteiger partial charge on any atom is -0.508 e. The molecular formula is C16H19N3O2. The monoisotopic (exact) mass is 285 g/mol. The predicted molar refractivity (Wildman–Crippen MR) is 85.6 cm³/mol. The lowest BCUT2D eigenvalue weighted by Gasteiger charge is -2.19. The molecule has 0 fully saturated rings. The van der Waals surface area contributed by atoms with E-state index in [0.717, 1.165) is 11.3 Å². The molecule has 5 nitrogen and oxygen atoms in total. The van der Waals surface area contributed by atoms with Crippen LogP contribution in [0.1, 0.15) is 5.56 Å². The number of para-hydroxylation sites is 1. The summed E-state index contributed by atoms with van der Waals surface area (Å²) < 4.78 is 0. The maximum atomic E-state index is 12.1. The molecule has 0 saturated heterocycles. The van der Waals surface area contributed by atoms with Crippen LogP contribution in [0.5, 0.6) is 5.75 Å². The highest BCUT2D eigenvalue weighted by Gasteiger charge is 2.11. The summed E-state index contributed by atoms with van der Waals surface area (Å²) in [5, 5.41) is 12.3. The first-order valence-corrected chi connectivity index (χ1v) is 6.62. The van der Waals surface area contributed by atoms with Gasteiger partial charge in [0, 0.05) is 18.8 Å². The van der Waals surface area contributed by atoms with Gasteiger partial charge in [-0.05, 0) is 30.7 Å². The van der Waals surface area contributed by atoms with E-state index < -0.39 is 0 Å². The van der Waals surface area contributed by atoms with E-state index in [9.17, 15) is 9.90 Å². The summed E-state index contributed by atoms with van der Waals surface area (Å²) in [6, 6.07) is 12.3. The van der Waals surface area contributed by atoms with E-state index in [1.807, 2.05) is 25.1 Å². The topological polar surface area (TPSA) is 78.6 Å². The van der Waals surface area contributed by atoms with Gasteiger partial charge in [0.2, 0.25) is 5.91 Å². The summed E-state index contributed by atoms with van der Waals surface area (Å²) in [5.41, 5.74) is 8.75. The summed E-state index contributed by atoms with van der Waals surface area (Å²) in [5.74, 6) is 0.00440. The number of nitrogens with two attached hydrogens (primary N) is 1. The number of carbonyl (C=O) groups is 1. The van der Waals surface area contributed by atoms with Crippen molar-refractivity contribution in [1.82, 2.24) is 0 Å². The number of nitrogens with one attached hydrogen (secondary N) is 1. The van der Waals surface area contributed by atoms with Crippen molar-refractivity contribution in [2.75, 3.05) is 29.5 Å². The molecule has 2 aromatic carbocycles. The fraction of sp³-hybridized carbons (Fsp3) is 0.188. The van der Waals surface area contributed by atoms with Crippen LogP contribution in [0.3, 0.4) is 0 Å². The summed E-state index contributed by atoms with van der Waals surface area (Å²) >= 11 is 0. The number of aryl methyl sites for hydroxylation is 1. The molecular weight excluding hydrogens is 266 g/mol. The average molecular weight is 285 g/mol. The van der Waals surface area contributed by atoms with E-state index in [1.54, 1.807) is 36.2 Å². The quantitative estimate of drug-likeness (QED) is 0.753. The van der Waals surface area contributed by atoms with Gasteiger partial charge in [0.1, 0.15) is 5.75 Å². The van der Waals surface area contributed by atoms with Crippen LogP contribution in [0, 0.1) is 6.92 Å². The maximum absolute atomic E-state index is 12.1. The lowest BCUT2D eigenvalue weighted by atomic mass is 10.1. The molecule has 0 saturated carbocycles. The zero-order chi connectivity index (χ0) is 15.4. The van der Waals surface area contributed by atoms with Gasteiger partial charge in [-0.2, -0.15) is 0 Å². The number of anilines is 3. The Morgan fingerprint density at radius 2 is 2.00 bits per heavy atom. The first-order chi connectivity index (χ1) is 9.97. The van der Waals surface area contributed by atoms with Gasteiger partial charge in [-0.25, -0.2) is 0 Å². The Morgan fingerprint density at radius 3 is 2.67 bits per heavy atom. The first-order valence-electron chi connectivity index (χ1n) is 6.62. The zero-order valence-electron chi connectivity index (χ0n) is 12.1. The summed E-state index contributed by atoms with van der Waals surface area (Å²) in [6.45, 7) is 2.06. The van der Waals surface area contributed by atoms with Crippen molar-refractivity contribution < 1.29 is 9.90 Å². The average Bonchev–Trinajstić information content (AvgIpc) is 2.43. The second kappa shape index (κ2) is 6.17. The number of phenolic OH excluding ortho intramolecular Hbond substituents is 1. The summed E-state index contributed by atoms with van der Waals surface area (Å²) in [4.78, 5) is 13.9. The van der Waals surface area contributed by atoms with Crippen molar-refractivity contribution in [2.45, 2.75) is 6.92 Å². The van der Waals surface area contributed by atoms with Gasteiger partial charge in [0.15, 0.2) is 0 Å². The van der Waals surface area contributed by atoms with E-state index in [0.29, 0.717) is 11.4 Å². The van der Waals surface area contributed by atoms with Crippen LogP contribution in [0.4, 0.5) is 17.1 Å². The Bertz CT molecular complexity index is 635. The van der Waals surface area contributed by atoms with Crippen LogP contribution in [-0.2, 0) is 4.79 Å². The second-order valence-corrected chi connectivity index (χ2v) is 4.96. The molecule has 0 aromatic heterocycles. The smallest absolute Gasteiger partial charge is 0.243 e. The molecule has 0 bridgehead atoms. The lowest BCUT2D eigenvalue weighted by Crippen LogP contribution is -2.30. The minimum absolute atomic E-state index is 0.164. The van der Waals surface area contributed by atoms with Crippen molar-refractivity contribution in [3.63, 3.8) is 0 Å². The molecule has 2 rings (SSSR count). The van der Waals surface area contributed by atoms with Gasteiger partial charge in [-0.15, -0.1) is 0 Å². The Kier molecular flexibility index (Phi) is 4.33. The van der Waals surface area contributed by atoms with E-state index in [1.165, 1.54) is 0 Å². The molecule has 0 aliphatic heterocycles. The maximum Gasteiger partial charge on any atom is 0.243 e. The number of nitrogen functional groups attached to an aromatic ring is 1. The van der Waals surface area contributed by atoms with E-state index in [-0.39, 0.29) is 18.2 Å². The van der Waals surface area contributed by atoms with Crippen LogP contribution in [-0.4, -0.2) is 24.6 Å². The number of aromatic hydroxyl groups is 1. The molecule has 0 radical (unpaired) electrons. The zero-order valence-corrected chi connectivity index (χ0v) is 12.1. The van der Waals surface area contributed by atoms with Gasteiger partial charge in [0.25, 0.3) is 0 Å². The third kappa shape index (κ3) is 3.66. The van der Waals surface area contributed by atoms with Gasteiger partial charge >= 0.3 is 0 Å². The molecule has 0 heterocycles. The van der Waals surface area contributed by atoms with Crippen molar-refractivity contribution in [2.24, 2.45) is 0 Å². The van der Waals surface area contributed by atoms with Gasteiger partial charge in [0.05, 0.1) is 17.9 Å². The Balaban J connectivity index is 2.05. The number of rotatable bonds is 4. The molecule has 0 spiro atoms. The molecule has 0 atom stereocenters. The lowest BCUT2D eigenvalue weighted by molar-refractivity contribution is -0.114. The molecule has 1 amide bonds. The van der Waals surface area contributed by atoms with Gasteiger partial charge in [-0.1, -0.05) is 18.2 Å². The fourth-order valence-corrected chi connectivity index (χ4v) is 2.08. The SMILES string of the molecule is Cc1cccc(N)c1NC(=O)CN(C)c1cccc(O)c1. The molecule has 110 valence electrons. The number of carbonyl (C=O) groups excluding carboxylic acids is 1. The summed E-state index contributed by atoms with van der Waals surface area (Å²) in [6.07, 6.45) is 0. The predicted octanol–water partition coefficient (Wildman–Crippen LogP) is 2.36.